The van der Waals surface area contributed by atoms with Crippen molar-refractivity contribution < 1.29 is 32.6 Å². The zero-order valence-electron chi connectivity index (χ0n) is 17.4. The standard InChI is InChI=1S/C21H24N2O7S/c1-4-29-21(26)20(25)22-14-9-12(2)19(13(3)10-14)30-15-5-8-18(24)17(11-15)23-31(27,28)16-6-7-16/h5,8-11,16,23-24H,4,6-7H2,1-3H3,(H,22,25). The zero-order valence-corrected chi connectivity index (χ0v) is 18.2. The molecule has 31 heavy (non-hydrogen) atoms. The van der Waals surface area contributed by atoms with E-state index in [0.29, 0.717) is 41.2 Å². The van der Waals surface area contributed by atoms with Crippen molar-refractivity contribution in [3.8, 4) is 17.2 Å². The van der Waals surface area contributed by atoms with Crippen LogP contribution in [0.3, 0.4) is 0 Å². The maximum atomic E-state index is 12.2. The van der Waals surface area contributed by atoms with Crippen molar-refractivity contribution in [1.29, 1.82) is 0 Å². The van der Waals surface area contributed by atoms with E-state index in [1.807, 2.05) is 0 Å². The molecule has 0 atom stereocenters. The van der Waals surface area contributed by atoms with E-state index in [-0.39, 0.29) is 18.0 Å². The van der Waals surface area contributed by atoms with E-state index < -0.39 is 27.1 Å². The molecule has 0 aromatic heterocycles. The van der Waals surface area contributed by atoms with E-state index in [0.717, 1.165) is 0 Å². The van der Waals surface area contributed by atoms with Gasteiger partial charge in [-0.15, -0.1) is 0 Å². The maximum Gasteiger partial charge on any atom is 0.397 e. The van der Waals surface area contributed by atoms with Gasteiger partial charge in [0, 0.05) is 11.8 Å². The van der Waals surface area contributed by atoms with Gasteiger partial charge in [-0.2, -0.15) is 0 Å². The number of amides is 1. The summed E-state index contributed by atoms with van der Waals surface area (Å²) in [5.74, 6) is -1.23. The van der Waals surface area contributed by atoms with Crippen molar-refractivity contribution in [3.63, 3.8) is 0 Å². The molecule has 0 heterocycles. The van der Waals surface area contributed by atoms with E-state index in [1.165, 1.54) is 18.2 Å². The van der Waals surface area contributed by atoms with E-state index in [4.69, 9.17) is 4.74 Å². The molecule has 1 saturated carbocycles. The third kappa shape index (κ3) is 5.46. The fourth-order valence-electron chi connectivity index (χ4n) is 2.96. The quantitative estimate of drug-likeness (QED) is 0.337. The number of benzene rings is 2. The Labute approximate surface area is 180 Å². The lowest BCUT2D eigenvalue weighted by atomic mass is 10.1. The number of nitrogens with one attached hydrogen (secondary N) is 2. The average Bonchev–Trinajstić information content (AvgIpc) is 3.53. The Hall–Kier alpha value is -3.27. The molecule has 3 rings (SSSR count). The fraction of sp³-hybridized carbons (Fsp3) is 0.333. The largest absolute Gasteiger partial charge is 0.506 e. The Morgan fingerprint density at radius 3 is 2.35 bits per heavy atom. The molecule has 1 aliphatic rings. The summed E-state index contributed by atoms with van der Waals surface area (Å²) in [6.45, 7) is 5.23. The van der Waals surface area contributed by atoms with Gasteiger partial charge in [0.1, 0.15) is 17.2 Å². The second kappa shape index (κ2) is 8.84. The summed E-state index contributed by atoms with van der Waals surface area (Å²) >= 11 is 0. The molecular formula is C21H24N2O7S. The van der Waals surface area contributed by atoms with Crippen LogP contribution in [0.15, 0.2) is 30.3 Å². The first-order chi connectivity index (χ1) is 14.6. The lowest BCUT2D eigenvalue weighted by Gasteiger charge is -2.16. The predicted molar refractivity (Wildman–Crippen MR) is 115 cm³/mol. The summed E-state index contributed by atoms with van der Waals surface area (Å²) in [6, 6.07) is 7.54. The molecule has 2 aromatic rings. The number of ether oxygens (including phenoxy) is 2. The zero-order chi connectivity index (χ0) is 22.8. The topological polar surface area (TPSA) is 131 Å². The Bertz CT molecular complexity index is 1100. The number of hydrogen-bond donors (Lipinski definition) is 3. The van der Waals surface area contributed by atoms with Crippen molar-refractivity contribution in [3.05, 3.63) is 41.5 Å². The van der Waals surface area contributed by atoms with Gasteiger partial charge < -0.3 is 19.9 Å². The summed E-state index contributed by atoms with van der Waals surface area (Å²) in [7, 11) is -3.54. The first-order valence-corrected chi connectivity index (χ1v) is 11.3. The molecule has 10 heteroatoms. The predicted octanol–water partition coefficient (Wildman–Crippen LogP) is 3.21. The van der Waals surface area contributed by atoms with Crippen LogP contribution < -0.4 is 14.8 Å². The van der Waals surface area contributed by atoms with Crippen LogP contribution >= 0.6 is 0 Å². The minimum absolute atomic E-state index is 0.0398. The number of carbonyl (C=O) groups excluding carboxylic acids is 2. The fourth-order valence-corrected chi connectivity index (χ4v) is 4.35. The second-order valence-corrected chi connectivity index (χ2v) is 9.20. The van der Waals surface area contributed by atoms with Crippen molar-refractivity contribution >= 4 is 33.3 Å². The summed E-state index contributed by atoms with van der Waals surface area (Å²) in [6.07, 6.45) is 1.20. The molecule has 2 aromatic carbocycles. The van der Waals surface area contributed by atoms with Crippen LogP contribution in [0.5, 0.6) is 17.2 Å². The summed E-state index contributed by atoms with van der Waals surface area (Å²) in [5, 5.41) is 12.1. The smallest absolute Gasteiger partial charge is 0.397 e. The molecule has 0 bridgehead atoms. The summed E-state index contributed by atoms with van der Waals surface area (Å²) < 4.78 is 37.3. The average molecular weight is 448 g/mol. The number of rotatable bonds is 7. The highest BCUT2D eigenvalue weighted by Gasteiger charge is 2.36. The molecule has 0 radical (unpaired) electrons. The van der Waals surface area contributed by atoms with Gasteiger partial charge in [0.05, 0.1) is 17.5 Å². The van der Waals surface area contributed by atoms with Gasteiger partial charge in [-0.3, -0.25) is 9.52 Å². The number of esters is 1. The number of aromatic hydroxyl groups is 1. The van der Waals surface area contributed by atoms with Gasteiger partial charge in [0.15, 0.2) is 0 Å². The SMILES string of the molecule is CCOC(=O)C(=O)Nc1cc(C)c(Oc2ccc(O)c(NS(=O)(=O)C3CC3)c2)c(C)c1. The molecule has 3 N–H and O–H groups in total. The van der Waals surface area contributed by atoms with Gasteiger partial charge >= 0.3 is 11.9 Å². The van der Waals surface area contributed by atoms with Crippen LogP contribution in [0.2, 0.25) is 0 Å². The second-order valence-electron chi connectivity index (χ2n) is 7.24. The van der Waals surface area contributed by atoms with Gasteiger partial charge in [-0.25, -0.2) is 13.2 Å². The van der Waals surface area contributed by atoms with E-state index in [1.54, 1.807) is 32.9 Å². The van der Waals surface area contributed by atoms with Crippen LogP contribution in [-0.4, -0.2) is 37.3 Å². The summed E-state index contributed by atoms with van der Waals surface area (Å²) in [4.78, 5) is 23.3. The third-order valence-electron chi connectivity index (χ3n) is 4.58. The number of anilines is 2. The highest BCUT2D eigenvalue weighted by Crippen LogP contribution is 2.37. The van der Waals surface area contributed by atoms with Crippen molar-refractivity contribution in [2.45, 2.75) is 38.9 Å². The van der Waals surface area contributed by atoms with Crippen LogP contribution in [0, 0.1) is 13.8 Å². The Balaban J connectivity index is 1.79. The van der Waals surface area contributed by atoms with Gasteiger partial charge in [0.2, 0.25) is 10.0 Å². The van der Waals surface area contributed by atoms with Crippen molar-refractivity contribution in [2.24, 2.45) is 0 Å². The lowest BCUT2D eigenvalue weighted by molar-refractivity contribution is -0.152. The molecule has 9 nitrogen and oxygen atoms in total. The van der Waals surface area contributed by atoms with Crippen LogP contribution in [0.4, 0.5) is 11.4 Å². The number of aryl methyl sites for hydroxylation is 2. The normalized spacial score (nSPS) is 13.4. The number of phenols is 1. The van der Waals surface area contributed by atoms with Crippen LogP contribution in [0.1, 0.15) is 30.9 Å². The van der Waals surface area contributed by atoms with Crippen molar-refractivity contribution in [1.82, 2.24) is 0 Å². The number of hydrogen-bond acceptors (Lipinski definition) is 7. The Morgan fingerprint density at radius 2 is 1.77 bits per heavy atom. The molecule has 1 amide bonds. The van der Waals surface area contributed by atoms with Gasteiger partial charge in [-0.05, 0) is 69.0 Å². The highest BCUT2D eigenvalue weighted by atomic mass is 32.2. The number of carbonyl (C=O) groups is 2. The molecule has 0 unspecified atom stereocenters. The molecule has 0 aliphatic heterocycles. The Morgan fingerprint density at radius 1 is 1.13 bits per heavy atom. The minimum atomic E-state index is -3.54. The van der Waals surface area contributed by atoms with E-state index >= 15 is 0 Å². The lowest BCUT2D eigenvalue weighted by Crippen LogP contribution is -2.25. The van der Waals surface area contributed by atoms with Crippen molar-refractivity contribution in [2.75, 3.05) is 16.6 Å². The Kier molecular flexibility index (Phi) is 6.40. The number of sulfonamides is 1. The highest BCUT2D eigenvalue weighted by molar-refractivity contribution is 7.93. The van der Waals surface area contributed by atoms with Crippen LogP contribution in [0.25, 0.3) is 0 Å². The van der Waals surface area contributed by atoms with Gasteiger partial charge in [0.25, 0.3) is 0 Å². The first kappa shape index (κ1) is 22.4. The monoisotopic (exact) mass is 448 g/mol. The molecule has 1 aliphatic carbocycles. The molecule has 166 valence electrons. The van der Waals surface area contributed by atoms with Gasteiger partial charge in [-0.1, -0.05) is 0 Å². The van der Waals surface area contributed by atoms with Crippen LogP contribution in [-0.2, 0) is 24.3 Å². The first-order valence-electron chi connectivity index (χ1n) is 9.72. The summed E-state index contributed by atoms with van der Waals surface area (Å²) in [5.41, 5.74) is 1.79. The number of phenolic OH excluding ortho intramolecular Hbond substituents is 1. The van der Waals surface area contributed by atoms with E-state index in [2.05, 4.69) is 14.8 Å². The molecule has 1 fully saturated rings. The third-order valence-corrected chi connectivity index (χ3v) is 6.44. The maximum absolute atomic E-state index is 12.2. The minimum Gasteiger partial charge on any atom is -0.506 e. The van der Waals surface area contributed by atoms with E-state index in [9.17, 15) is 23.1 Å². The molecule has 0 spiro atoms. The molecule has 0 saturated heterocycles. The molecular weight excluding hydrogens is 424 g/mol.